The minimum atomic E-state index is -4.59. The van der Waals surface area contributed by atoms with Crippen LogP contribution >= 0.6 is 0 Å². The summed E-state index contributed by atoms with van der Waals surface area (Å²) in [6, 6.07) is -1.56. The summed E-state index contributed by atoms with van der Waals surface area (Å²) in [5.74, 6) is -7.58. The summed E-state index contributed by atoms with van der Waals surface area (Å²) < 4.78 is 50.0. The molecule has 1 heterocycles. The number of aliphatic carboxylic acids is 1. The average Bonchev–Trinajstić information content (AvgIpc) is 2.64. The van der Waals surface area contributed by atoms with E-state index in [4.69, 9.17) is 5.11 Å². The lowest BCUT2D eigenvalue weighted by atomic mass is 10.3. The molecule has 0 saturated carbocycles. The molecule has 1 N–H and O–H groups in total. The number of aromatic nitrogens is 4. The lowest BCUT2D eigenvalue weighted by Gasteiger charge is -2.15. The number of tetrazole rings is 1. The monoisotopic (exact) mass is 242 g/mol. The van der Waals surface area contributed by atoms with Crippen LogP contribution in [0.5, 0.6) is 0 Å². The van der Waals surface area contributed by atoms with Gasteiger partial charge in [0.05, 0.1) is 0 Å². The lowest BCUT2D eigenvalue weighted by Crippen LogP contribution is -2.31. The summed E-state index contributed by atoms with van der Waals surface area (Å²) in [6.07, 6.45) is -4.02. The van der Waals surface area contributed by atoms with Gasteiger partial charge in [-0.3, -0.25) is 0 Å². The Balaban J connectivity index is 3.17. The molecule has 0 amide bonds. The minimum absolute atomic E-state index is 0.147. The van der Waals surface area contributed by atoms with Gasteiger partial charge < -0.3 is 5.11 Å². The molecule has 0 saturated heterocycles. The summed E-state index contributed by atoms with van der Waals surface area (Å²) >= 11 is 0. The van der Waals surface area contributed by atoms with Crippen LogP contribution in [-0.4, -0.2) is 37.7 Å². The molecule has 1 atom stereocenters. The van der Waals surface area contributed by atoms with E-state index in [1.54, 1.807) is 0 Å². The number of alkyl halides is 4. The van der Waals surface area contributed by atoms with Gasteiger partial charge in [-0.1, -0.05) is 0 Å². The van der Waals surface area contributed by atoms with Gasteiger partial charge in [-0.05, 0) is 17.4 Å². The summed E-state index contributed by atoms with van der Waals surface area (Å²) in [7, 11) is 0. The molecule has 16 heavy (non-hydrogen) atoms. The van der Waals surface area contributed by atoms with Gasteiger partial charge in [0.2, 0.25) is 5.82 Å². The molecule has 0 aliphatic rings. The Kier molecular flexibility index (Phi) is 3.10. The number of carbonyl (C=O) groups is 1. The zero-order valence-corrected chi connectivity index (χ0v) is 7.81. The predicted octanol–water partition coefficient (Wildman–Crippen LogP) is 0.676. The molecule has 1 aromatic rings. The fourth-order valence-electron chi connectivity index (χ4n) is 0.876. The number of carboxylic acid groups (broad SMARTS) is 1. The van der Waals surface area contributed by atoms with E-state index >= 15 is 0 Å². The quantitative estimate of drug-likeness (QED) is 0.785. The van der Waals surface area contributed by atoms with Gasteiger partial charge in [-0.15, -0.1) is 5.10 Å². The second-order valence-electron chi connectivity index (χ2n) is 2.88. The normalized spacial score (nSPS) is 14.1. The Bertz CT molecular complexity index is 394. The molecular formula is C6H6F4N4O2. The largest absolute Gasteiger partial charge is 0.480 e. The fourth-order valence-corrected chi connectivity index (χ4v) is 0.876. The maximum Gasteiger partial charge on any atom is 0.367 e. The standard InChI is InChI=1S/C6H6F4N4O2/c1-2(3(15)16)14-5(11-12-13-14)6(9,10)4(7)8/h2,4H,1H3,(H,15,16). The predicted molar refractivity (Wildman–Crippen MR) is 40.1 cm³/mol. The van der Waals surface area contributed by atoms with Crippen LogP contribution in [0.25, 0.3) is 0 Å². The zero-order chi connectivity index (χ0) is 12.5. The van der Waals surface area contributed by atoms with Crippen LogP contribution < -0.4 is 0 Å². The number of hydrogen-bond acceptors (Lipinski definition) is 4. The smallest absolute Gasteiger partial charge is 0.367 e. The molecule has 6 nitrogen and oxygen atoms in total. The number of nitrogens with zero attached hydrogens (tertiary/aromatic N) is 4. The van der Waals surface area contributed by atoms with Crippen LogP contribution in [0.15, 0.2) is 0 Å². The Morgan fingerprint density at radius 3 is 2.50 bits per heavy atom. The molecule has 0 spiro atoms. The van der Waals surface area contributed by atoms with Gasteiger partial charge in [0.25, 0.3) is 0 Å². The van der Waals surface area contributed by atoms with Gasteiger partial charge in [0.1, 0.15) is 0 Å². The highest BCUT2D eigenvalue weighted by Gasteiger charge is 2.49. The second-order valence-corrected chi connectivity index (χ2v) is 2.88. The van der Waals surface area contributed by atoms with Crippen LogP contribution in [0.2, 0.25) is 0 Å². The molecular weight excluding hydrogens is 236 g/mol. The maximum atomic E-state index is 12.9. The first kappa shape index (κ1) is 12.3. The van der Waals surface area contributed by atoms with Crippen molar-refractivity contribution in [1.82, 2.24) is 20.2 Å². The van der Waals surface area contributed by atoms with Crippen molar-refractivity contribution in [3.63, 3.8) is 0 Å². The molecule has 1 rings (SSSR count). The molecule has 0 fully saturated rings. The second kappa shape index (κ2) is 4.02. The Hall–Kier alpha value is -1.74. The Morgan fingerprint density at radius 1 is 1.50 bits per heavy atom. The van der Waals surface area contributed by atoms with Crippen LogP contribution in [0.1, 0.15) is 18.8 Å². The maximum absolute atomic E-state index is 12.9. The van der Waals surface area contributed by atoms with E-state index in [1.165, 1.54) is 0 Å². The third kappa shape index (κ3) is 1.95. The highest BCUT2D eigenvalue weighted by atomic mass is 19.3. The SMILES string of the molecule is CC(C(=O)O)n1nnnc1C(F)(F)C(F)F. The van der Waals surface area contributed by atoms with Gasteiger partial charge in [0.15, 0.2) is 6.04 Å². The molecule has 90 valence electrons. The summed E-state index contributed by atoms with van der Waals surface area (Å²) in [5.41, 5.74) is 0. The first-order chi connectivity index (χ1) is 7.28. The third-order valence-electron chi connectivity index (χ3n) is 1.79. The number of hydrogen-bond donors (Lipinski definition) is 1. The van der Waals surface area contributed by atoms with Gasteiger partial charge in [-0.25, -0.2) is 18.3 Å². The molecule has 10 heteroatoms. The van der Waals surface area contributed by atoms with Crippen molar-refractivity contribution < 1.29 is 27.5 Å². The number of carboxylic acids is 1. The molecule has 0 aliphatic carbocycles. The van der Waals surface area contributed by atoms with Crippen molar-refractivity contribution in [3.05, 3.63) is 5.82 Å². The topological polar surface area (TPSA) is 80.9 Å². The van der Waals surface area contributed by atoms with Crippen LogP contribution in [0.4, 0.5) is 17.6 Å². The van der Waals surface area contributed by atoms with Crippen molar-refractivity contribution >= 4 is 5.97 Å². The summed E-state index contributed by atoms with van der Waals surface area (Å²) in [6.45, 7) is 0.990. The van der Waals surface area contributed by atoms with E-state index in [2.05, 4.69) is 15.5 Å². The average molecular weight is 242 g/mol. The van der Waals surface area contributed by atoms with Crippen LogP contribution in [-0.2, 0) is 10.7 Å². The third-order valence-corrected chi connectivity index (χ3v) is 1.79. The number of rotatable bonds is 4. The zero-order valence-electron chi connectivity index (χ0n) is 7.81. The van der Waals surface area contributed by atoms with Crippen molar-refractivity contribution in [1.29, 1.82) is 0 Å². The first-order valence-corrected chi connectivity index (χ1v) is 3.95. The first-order valence-electron chi connectivity index (χ1n) is 3.95. The highest BCUT2D eigenvalue weighted by Crippen LogP contribution is 2.33. The van der Waals surface area contributed by atoms with E-state index in [0.717, 1.165) is 6.92 Å². The van der Waals surface area contributed by atoms with E-state index in [1.807, 2.05) is 0 Å². The minimum Gasteiger partial charge on any atom is -0.480 e. The molecule has 0 radical (unpaired) electrons. The van der Waals surface area contributed by atoms with Crippen molar-refractivity contribution in [2.24, 2.45) is 0 Å². The van der Waals surface area contributed by atoms with Gasteiger partial charge in [-0.2, -0.15) is 8.78 Å². The van der Waals surface area contributed by atoms with E-state index < -0.39 is 30.2 Å². The molecule has 1 aromatic heterocycles. The lowest BCUT2D eigenvalue weighted by molar-refractivity contribution is -0.148. The van der Waals surface area contributed by atoms with E-state index in [9.17, 15) is 22.4 Å². The Labute approximate surface area is 85.9 Å². The molecule has 1 unspecified atom stereocenters. The summed E-state index contributed by atoms with van der Waals surface area (Å²) in [4.78, 5) is 10.5. The molecule has 0 aliphatic heterocycles. The van der Waals surface area contributed by atoms with E-state index in [0.29, 0.717) is 0 Å². The fraction of sp³-hybridized carbons (Fsp3) is 0.667. The summed E-state index contributed by atoms with van der Waals surface area (Å²) in [5, 5.41) is 17.0. The van der Waals surface area contributed by atoms with Crippen LogP contribution in [0.3, 0.4) is 0 Å². The molecule has 0 aromatic carbocycles. The van der Waals surface area contributed by atoms with Crippen molar-refractivity contribution in [3.8, 4) is 0 Å². The Morgan fingerprint density at radius 2 is 2.06 bits per heavy atom. The van der Waals surface area contributed by atoms with E-state index in [-0.39, 0.29) is 4.68 Å². The molecule has 0 bridgehead atoms. The van der Waals surface area contributed by atoms with Gasteiger partial charge >= 0.3 is 18.3 Å². The van der Waals surface area contributed by atoms with Crippen molar-refractivity contribution in [2.75, 3.05) is 0 Å². The number of halogens is 4. The van der Waals surface area contributed by atoms with Crippen LogP contribution in [0, 0.1) is 0 Å². The van der Waals surface area contributed by atoms with Crippen molar-refractivity contribution in [2.45, 2.75) is 25.3 Å². The van der Waals surface area contributed by atoms with Gasteiger partial charge in [0, 0.05) is 0 Å². The highest BCUT2D eigenvalue weighted by molar-refractivity contribution is 5.71.